The van der Waals surface area contributed by atoms with Crippen molar-refractivity contribution in [3.05, 3.63) is 28.0 Å². The minimum Gasteiger partial charge on any atom is -0.394 e. The average Bonchev–Trinajstić information content (AvgIpc) is 2.25. The van der Waals surface area contributed by atoms with Gasteiger partial charge in [0.1, 0.15) is 10.3 Å². The number of rotatable bonds is 4. The SMILES string of the molecule is O=C(NC(CO)CO)c1ccc(Cl)nc1Cl. The first-order chi connectivity index (χ1) is 7.58. The van der Waals surface area contributed by atoms with Gasteiger partial charge < -0.3 is 15.5 Å². The number of pyridine rings is 1. The first-order valence-electron chi connectivity index (χ1n) is 4.43. The molecule has 0 aliphatic heterocycles. The standard InChI is InChI=1S/C9H10Cl2N2O3/c10-7-2-1-6(8(11)13-7)9(16)12-5(3-14)4-15/h1-2,5,14-15H,3-4H2,(H,12,16). The first-order valence-corrected chi connectivity index (χ1v) is 5.18. The van der Waals surface area contributed by atoms with Gasteiger partial charge in [-0.05, 0) is 12.1 Å². The van der Waals surface area contributed by atoms with Crippen LogP contribution in [0.3, 0.4) is 0 Å². The van der Waals surface area contributed by atoms with Gasteiger partial charge in [-0.1, -0.05) is 23.2 Å². The Kier molecular flexibility index (Phi) is 4.95. The van der Waals surface area contributed by atoms with Crippen molar-refractivity contribution in [1.82, 2.24) is 10.3 Å². The highest BCUT2D eigenvalue weighted by atomic mass is 35.5. The number of aliphatic hydroxyl groups is 2. The third kappa shape index (κ3) is 3.31. The molecular weight excluding hydrogens is 255 g/mol. The van der Waals surface area contributed by atoms with Gasteiger partial charge in [-0.25, -0.2) is 4.98 Å². The fourth-order valence-corrected chi connectivity index (χ4v) is 1.42. The molecule has 0 saturated heterocycles. The van der Waals surface area contributed by atoms with E-state index in [9.17, 15) is 4.79 Å². The zero-order valence-corrected chi connectivity index (χ0v) is 9.66. The topological polar surface area (TPSA) is 82.5 Å². The lowest BCUT2D eigenvalue weighted by atomic mass is 10.2. The Bertz CT molecular complexity index is 383. The smallest absolute Gasteiger partial charge is 0.254 e. The highest BCUT2D eigenvalue weighted by Crippen LogP contribution is 2.16. The minimum atomic E-state index is -0.723. The second kappa shape index (κ2) is 6.00. The highest BCUT2D eigenvalue weighted by Gasteiger charge is 2.15. The molecule has 3 N–H and O–H groups in total. The van der Waals surface area contributed by atoms with Gasteiger partial charge in [0.25, 0.3) is 5.91 Å². The molecule has 1 aromatic heterocycles. The van der Waals surface area contributed by atoms with Crippen LogP contribution in [-0.4, -0.2) is 40.4 Å². The maximum absolute atomic E-state index is 11.6. The number of hydrogen-bond donors (Lipinski definition) is 3. The largest absolute Gasteiger partial charge is 0.394 e. The predicted octanol–water partition coefficient (Wildman–Crippen LogP) is 0.471. The first kappa shape index (κ1) is 13.2. The minimum absolute atomic E-state index is 0.0281. The van der Waals surface area contributed by atoms with Crippen LogP contribution in [0.2, 0.25) is 10.3 Å². The van der Waals surface area contributed by atoms with Gasteiger partial charge in [-0.2, -0.15) is 0 Å². The number of nitrogens with one attached hydrogen (secondary N) is 1. The van der Waals surface area contributed by atoms with Crippen LogP contribution in [0.25, 0.3) is 0 Å². The summed E-state index contributed by atoms with van der Waals surface area (Å²) in [5, 5.41) is 20.1. The Hall–Kier alpha value is -0.880. The number of aromatic nitrogens is 1. The fourth-order valence-electron chi connectivity index (χ4n) is 0.994. The molecule has 0 bridgehead atoms. The molecule has 1 heterocycles. The van der Waals surface area contributed by atoms with Crippen LogP contribution in [0.1, 0.15) is 10.4 Å². The van der Waals surface area contributed by atoms with Crippen LogP contribution < -0.4 is 5.32 Å². The molecule has 1 aromatic rings. The Morgan fingerprint density at radius 2 is 2.00 bits per heavy atom. The van der Waals surface area contributed by atoms with E-state index in [0.717, 1.165) is 0 Å². The molecule has 5 nitrogen and oxygen atoms in total. The number of carbonyl (C=O) groups is 1. The highest BCUT2D eigenvalue weighted by molar-refractivity contribution is 6.34. The molecule has 1 rings (SSSR count). The molecule has 0 aliphatic rings. The summed E-state index contributed by atoms with van der Waals surface area (Å²) in [4.78, 5) is 15.3. The molecule has 0 aromatic carbocycles. The Morgan fingerprint density at radius 1 is 1.38 bits per heavy atom. The number of halogens is 2. The summed E-state index contributed by atoms with van der Waals surface area (Å²) >= 11 is 11.3. The van der Waals surface area contributed by atoms with Crippen molar-refractivity contribution in [2.45, 2.75) is 6.04 Å². The summed E-state index contributed by atoms with van der Waals surface area (Å²) < 4.78 is 0. The lowest BCUT2D eigenvalue weighted by Crippen LogP contribution is -2.40. The number of hydrogen-bond acceptors (Lipinski definition) is 4. The van der Waals surface area contributed by atoms with Gasteiger partial charge in [-0.15, -0.1) is 0 Å². The summed E-state index contributed by atoms with van der Waals surface area (Å²) in [7, 11) is 0. The molecule has 0 radical (unpaired) electrons. The van der Waals surface area contributed by atoms with Gasteiger partial charge in [0.2, 0.25) is 0 Å². The van der Waals surface area contributed by atoms with E-state index in [-0.39, 0.29) is 29.1 Å². The van der Waals surface area contributed by atoms with Gasteiger partial charge in [-0.3, -0.25) is 4.79 Å². The van der Waals surface area contributed by atoms with Crippen LogP contribution in [0.4, 0.5) is 0 Å². The van der Waals surface area contributed by atoms with Crippen molar-refractivity contribution in [2.24, 2.45) is 0 Å². The van der Waals surface area contributed by atoms with Crippen molar-refractivity contribution in [3.8, 4) is 0 Å². The Morgan fingerprint density at radius 3 is 2.50 bits per heavy atom. The molecular formula is C9H10Cl2N2O3. The predicted molar refractivity (Wildman–Crippen MR) is 59.7 cm³/mol. The lowest BCUT2D eigenvalue weighted by Gasteiger charge is -2.13. The molecule has 0 spiro atoms. The Balaban J connectivity index is 2.80. The summed E-state index contributed by atoms with van der Waals surface area (Å²) in [6.07, 6.45) is 0. The second-order valence-corrected chi connectivity index (χ2v) is 3.75. The zero-order chi connectivity index (χ0) is 12.1. The van der Waals surface area contributed by atoms with Crippen LogP contribution in [-0.2, 0) is 0 Å². The van der Waals surface area contributed by atoms with Gasteiger partial charge in [0.05, 0.1) is 24.8 Å². The van der Waals surface area contributed by atoms with Crippen LogP contribution in [0.15, 0.2) is 12.1 Å². The maximum atomic E-state index is 11.6. The molecule has 0 atom stereocenters. The average molecular weight is 265 g/mol. The normalized spacial score (nSPS) is 10.6. The third-order valence-corrected chi connectivity index (χ3v) is 2.33. The number of nitrogens with zero attached hydrogens (tertiary/aromatic N) is 1. The number of amides is 1. The van der Waals surface area contributed by atoms with Crippen molar-refractivity contribution < 1.29 is 15.0 Å². The maximum Gasteiger partial charge on any atom is 0.254 e. The molecule has 88 valence electrons. The van der Waals surface area contributed by atoms with Crippen LogP contribution in [0.5, 0.6) is 0 Å². The summed E-state index contributed by atoms with van der Waals surface area (Å²) in [5.41, 5.74) is 0.137. The van der Waals surface area contributed by atoms with E-state index < -0.39 is 11.9 Å². The number of aliphatic hydroxyl groups excluding tert-OH is 2. The van der Waals surface area contributed by atoms with Crippen molar-refractivity contribution in [1.29, 1.82) is 0 Å². The van der Waals surface area contributed by atoms with Crippen LogP contribution in [0, 0.1) is 0 Å². The Labute approximate surface area is 102 Å². The van der Waals surface area contributed by atoms with Crippen LogP contribution >= 0.6 is 23.2 Å². The molecule has 0 saturated carbocycles. The van der Waals surface area contributed by atoms with Gasteiger partial charge >= 0.3 is 0 Å². The summed E-state index contributed by atoms with van der Waals surface area (Å²) in [6.45, 7) is -0.720. The van der Waals surface area contributed by atoms with E-state index in [1.54, 1.807) is 0 Å². The fraction of sp³-hybridized carbons (Fsp3) is 0.333. The van der Waals surface area contributed by atoms with Gasteiger partial charge in [0.15, 0.2) is 0 Å². The summed E-state index contributed by atoms with van der Waals surface area (Å²) in [6, 6.07) is 2.12. The van der Waals surface area contributed by atoms with Crippen molar-refractivity contribution in [2.75, 3.05) is 13.2 Å². The van der Waals surface area contributed by atoms with E-state index in [0.29, 0.717) is 0 Å². The molecule has 16 heavy (non-hydrogen) atoms. The molecule has 7 heteroatoms. The van der Waals surface area contributed by atoms with Crippen molar-refractivity contribution >= 4 is 29.1 Å². The van der Waals surface area contributed by atoms with E-state index in [1.807, 2.05) is 0 Å². The van der Waals surface area contributed by atoms with E-state index in [2.05, 4.69) is 10.3 Å². The third-order valence-electron chi connectivity index (χ3n) is 1.84. The summed E-state index contributed by atoms with van der Waals surface area (Å²) in [5.74, 6) is -0.526. The van der Waals surface area contributed by atoms with Crippen molar-refractivity contribution in [3.63, 3.8) is 0 Å². The lowest BCUT2D eigenvalue weighted by molar-refractivity contribution is 0.0879. The molecule has 1 amide bonds. The monoisotopic (exact) mass is 264 g/mol. The second-order valence-electron chi connectivity index (χ2n) is 3.01. The zero-order valence-electron chi connectivity index (χ0n) is 8.15. The van der Waals surface area contributed by atoms with E-state index in [4.69, 9.17) is 33.4 Å². The van der Waals surface area contributed by atoms with E-state index >= 15 is 0 Å². The van der Waals surface area contributed by atoms with Gasteiger partial charge in [0, 0.05) is 0 Å². The quantitative estimate of drug-likeness (QED) is 0.691. The van der Waals surface area contributed by atoms with E-state index in [1.165, 1.54) is 12.1 Å². The number of carbonyl (C=O) groups excluding carboxylic acids is 1. The molecule has 0 aliphatic carbocycles. The molecule has 0 unspecified atom stereocenters. The molecule has 0 fully saturated rings.